The zero-order valence-corrected chi connectivity index (χ0v) is 11.0. The molecule has 2 N–H and O–H groups in total. The number of fused-ring (bicyclic) bond motifs is 1. The van der Waals surface area contributed by atoms with Crippen molar-refractivity contribution in [3.8, 4) is 5.75 Å². The Bertz CT molecular complexity index is 762. The van der Waals surface area contributed by atoms with Gasteiger partial charge in [-0.1, -0.05) is 12.1 Å². The van der Waals surface area contributed by atoms with Crippen LogP contribution in [0.4, 0.5) is 5.69 Å². The minimum Gasteiger partial charge on any atom is -0.497 e. The normalized spacial score (nSPS) is 10.4. The molecule has 4 heteroatoms. The summed E-state index contributed by atoms with van der Waals surface area (Å²) in [5, 5.41) is 3.79. The second kappa shape index (κ2) is 5.09. The molecule has 0 atom stereocenters. The number of aromatic amines is 1. The third kappa shape index (κ3) is 2.23. The highest BCUT2D eigenvalue weighted by atomic mass is 16.5. The second-order valence-corrected chi connectivity index (χ2v) is 4.43. The lowest BCUT2D eigenvalue weighted by molar-refractivity contribution is 0.102. The molecule has 0 fully saturated rings. The van der Waals surface area contributed by atoms with Gasteiger partial charge in [0.15, 0.2) is 0 Å². The Balaban J connectivity index is 1.91. The van der Waals surface area contributed by atoms with Gasteiger partial charge in [0.25, 0.3) is 5.91 Å². The van der Waals surface area contributed by atoms with E-state index in [1.165, 1.54) is 0 Å². The number of rotatable bonds is 3. The number of carbonyl (C=O) groups excluding carboxylic acids is 1. The van der Waals surface area contributed by atoms with Crippen molar-refractivity contribution >= 4 is 22.5 Å². The van der Waals surface area contributed by atoms with Gasteiger partial charge in [0, 0.05) is 34.4 Å². The molecule has 4 nitrogen and oxygen atoms in total. The van der Waals surface area contributed by atoms with E-state index in [1.54, 1.807) is 13.2 Å². The zero-order valence-electron chi connectivity index (χ0n) is 11.0. The molecule has 0 spiro atoms. The number of hydrogen-bond donors (Lipinski definition) is 2. The van der Waals surface area contributed by atoms with E-state index in [-0.39, 0.29) is 5.91 Å². The van der Waals surface area contributed by atoms with Crippen molar-refractivity contribution in [3.05, 3.63) is 60.3 Å². The van der Waals surface area contributed by atoms with E-state index in [2.05, 4.69) is 10.3 Å². The minimum absolute atomic E-state index is 0.136. The number of methoxy groups -OCH3 is 1. The number of ether oxygens (including phenoxy) is 1. The van der Waals surface area contributed by atoms with E-state index in [0.29, 0.717) is 17.0 Å². The van der Waals surface area contributed by atoms with Crippen LogP contribution in [0, 0.1) is 0 Å². The van der Waals surface area contributed by atoms with Gasteiger partial charge in [-0.3, -0.25) is 4.79 Å². The fourth-order valence-electron chi connectivity index (χ4n) is 2.18. The summed E-state index contributed by atoms with van der Waals surface area (Å²) in [4.78, 5) is 15.5. The van der Waals surface area contributed by atoms with E-state index < -0.39 is 0 Å². The van der Waals surface area contributed by atoms with E-state index in [1.807, 2.05) is 48.7 Å². The quantitative estimate of drug-likeness (QED) is 0.763. The van der Waals surface area contributed by atoms with Gasteiger partial charge in [0.05, 0.1) is 7.11 Å². The average molecular weight is 266 g/mol. The molecule has 0 saturated carbocycles. The van der Waals surface area contributed by atoms with Gasteiger partial charge in [-0.15, -0.1) is 0 Å². The van der Waals surface area contributed by atoms with Crippen LogP contribution in [0.3, 0.4) is 0 Å². The lowest BCUT2D eigenvalue weighted by atomic mass is 10.1. The van der Waals surface area contributed by atoms with Gasteiger partial charge < -0.3 is 15.0 Å². The molecule has 0 aliphatic carbocycles. The number of anilines is 1. The molecule has 0 saturated heterocycles. The first kappa shape index (κ1) is 12.3. The molecule has 20 heavy (non-hydrogen) atoms. The van der Waals surface area contributed by atoms with Gasteiger partial charge in [-0.05, 0) is 30.3 Å². The number of carbonyl (C=O) groups is 1. The van der Waals surface area contributed by atoms with Gasteiger partial charge in [-0.2, -0.15) is 0 Å². The van der Waals surface area contributed by atoms with E-state index >= 15 is 0 Å². The van der Waals surface area contributed by atoms with Crippen LogP contribution in [0.25, 0.3) is 10.9 Å². The van der Waals surface area contributed by atoms with E-state index in [0.717, 1.165) is 10.9 Å². The SMILES string of the molecule is COc1cccc(NC(=O)c2cccc3[nH]ccc23)c1. The first-order valence-electron chi connectivity index (χ1n) is 6.29. The summed E-state index contributed by atoms with van der Waals surface area (Å²) in [6, 6.07) is 14.8. The molecule has 1 aromatic heterocycles. The Morgan fingerprint density at radius 2 is 2.00 bits per heavy atom. The summed E-state index contributed by atoms with van der Waals surface area (Å²) in [5.74, 6) is 0.575. The molecule has 0 bridgehead atoms. The van der Waals surface area contributed by atoms with Gasteiger partial charge in [0.1, 0.15) is 5.75 Å². The predicted molar refractivity (Wildman–Crippen MR) is 79.2 cm³/mol. The molecule has 1 amide bonds. The molecule has 0 aliphatic heterocycles. The standard InChI is InChI=1S/C16H14N2O2/c1-20-12-5-2-4-11(10-12)18-16(19)14-6-3-7-15-13(14)8-9-17-15/h2-10,17H,1H3,(H,18,19). The number of hydrogen-bond acceptors (Lipinski definition) is 2. The molecule has 2 aromatic carbocycles. The zero-order chi connectivity index (χ0) is 13.9. The number of aromatic nitrogens is 1. The first-order chi connectivity index (χ1) is 9.78. The van der Waals surface area contributed by atoms with Crippen molar-refractivity contribution in [2.45, 2.75) is 0 Å². The Morgan fingerprint density at radius 1 is 1.15 bits per heavy atom. The highest BCUT2D eigenvalue weighted by Gasteiger charge is 2.10. The third-order valence-corrected chi connectivity index (χ3v) is 3.17. The molecule has 3 aromatic rings. The maximum atomic E-state index is 12.4. The van der Waals surface area contributed by atoms with Crippen LogP contribution in [-0.2, 0) is 0 Å². The Kier molecular flexibility index (Phi) is 3.13. The largest absolute Gasteiger partial charge is 0.497 e. The number of H-pyrrole nitrogens is 1. The molecule has 0 aliphatic rings. The summed E-state index contributed by atoms with van der Waals surface area (Å²) in [5.41, 5.74) is 2.30. The monoisotopic (exact) mass is 266 g/mol. The summed E-state index contributed by atoms with van der Waals surface area (Å²) < 4.78 is 5.14. The summed E-state index contributed by atoms with van der Waals surface area (Å²) in [6.45, 7) is 0. The highest BCUT2D eigenvalue weighted by Crippen LogP contribution is 2.21. The third-order valence-electron chi connectivity index (χ3n) is 3.17. The summed E-state index contributed by atoms with van der Waals surface area (Å²) in [7, 11) is 1.60. The summed E-state index contributed by atoms with van der Waals surface area (Å²) >= 11 is 0. The van der Waals surface area contributed by atoms with Crippen LogP contribution >= 0.6 is 0 Å². The van der Waals surface area contributed by atoms with E-state index in [4.69, 9.17) is 4.74 Å². The molecule has 1 heterocycles. The van der Waals surface area contributed by atoms with Crippen LogP contribution in [0.1, 0.15) is 10.4 Å². The average Bonchev–Trinajstić information content (AvgIpc) is 2.95. The first-order valence-corrected chi connectivity index (χ1v) is 6.29. The van der Waals surface area contributed by atoms with Crippen molar-refractivity contribution < 1.29 is 9.53 Å². The van der Waals surface area contributed by atoms with Crippen molar-refractivity contribution in [1.29, 1.82) is 0 Å². The fourth-order valence-corrected chi connectivity index (χ4v) is 2.18. The van der Waals surface area contributed by atoms with Crippen LogP contribution < -0.4 is 10.1 Å². The van der Waals surface area contributed by atoms with Crippen LogP contribution in [0.5, 0.6) is 5.75 Å². The molecular weight excluding hydrogens is 252 g/mol. The van der Waals surface area contributed by atoms with Crippen LogP contribution in [0.2, 0.25) is 0 Å². The van der Waals surface area contributed by atoms with Crippen molar-refractivity contribution in [2.24, 2.45) is 0 Å². The maximum Gasteiger partial charge on any atom is 0.256 e. The summed E-state index contributed by atoms with van der Waals surface area (Å²) in [6.07, 6.45) is 1.83. The molecular formula is C16H14N2O2. The molecule has 0 unspecified atom stereocenters. The van der Waals surface area contributed by atoms with Gasteiger partial charge in [-0.25, -0.2) is 0 Å². The van der Waals surface area contributed by atoms with Crippen LogP contribution in [-0.4, -0.2) is 18.0 Å². The van der Waals surface area contributed by atoms with E-state index in [9.17, 15) is 4.79 Å². The van der Waals surface area contributed by atoms with Crippen molar-refractivity contribution in [1.82, 2.24) is 4.98 Å². The number of amides is 1. The lowest BCUT2D eigenvalue weighted by Gasteiger charge is -2.07. The Morgan fingerprint density at radius 3 is 2.85 bits per heavy atom. The highest BCUT2D eigenvalue weighted by molar-refractivity contribution is 6.12. The minimum atomic E-state index is -0.136. The van der Waals surface area contributed by atoms with Gasteiger partial charge >= 0.3 is 0 Å². The van der Waals surface area contributed by atoms with Crippen molar-refractivity contribution in [3.63, 3.8) is 0 Å². The van der Waals surface area contributed by atoms with Crippen molar-refractivity contribution in [2.75, 3.05) is 12.4 Å². The molecule has 3 rings (SSSR count). The number of nitrogens with one attached hydrogen (secondary N) is 2. The predicted octanol–water partition coefficient (Wildman–Crippen LogP) is 3.43. The Hall–Kier alpha value is -2.75. The topological polar surface area (TPSA) is 54.1 Å². The smallest absolute Gasteiger partial charge is 0.256 e. The maximum absolute atomic E-state index is 12.4. The second-order valence-electron chi connectivity index (χ2n) is 4.43. The molecule has 100 valence electrons. The lowest BCUT2D eigenvalue weighted by Crippen LogP contribution is -2.12. The van der Waals surface area contributed by atoms with Gasteiger partial charge in [0.2, 0.25) is 0 Å². The fraction of sp³-hybridized carbons (Fsp3) is 0.0625. The number of benzene rings is 2. The Labute approximate surface area is 116 Å². The molecule has 0 radical (unpaired) electrons. The van der Waals surface area contributed by atoms with Crippen LogP contribution in [0.15, 0.2) is 54.7 Å².